The second-order valence-corrected chi connectivity index (χ2v) is 4.98. The van der Waals surface area contributed by atoms with Crippen LogP contribution in [0.2, 0.25) is 0 Å². The highest BCUT2D eigenvalue weighted by atomic mass is 16.2. The second-order valence-electron chi connectivity index (χ2n) is 4.98. The van der Waals surface area contributed by atoms with Gasteiger partial charge in [0.2, 0.25) is 5.91 Å². The van der Waals surface area contributed by atoms with E-state index in [1.165, 1.54) is 0 Å². The molecular formula is C15H19N5O2. The minimum atomic E-state index is -0.658. The van der Waals surface area contributed by atoms with E-state index in [4.69, 9.17) is 5.73 Å². The Hall–Kier alpha value is -2.83. The molecule has 2 aromatic rings. The first-order chi connectivity index (χ1) is 10.6. The van der Waals surface area contributed by atoms with Crippen molar-refractivity contribution in [1.82, 2.24) is 20.8 Å². The Morgan fingerprint density at radius 2 is 2.09 bits per heavy atom. The number of primary amides is 1. The van der Waals surface area contributed by atoms with Gasteiger partial charge in [0.15, 0.2) is 0 Å². The van der Waals surface area contributed by atoms with Crippen molar-refractivity contribution in [2.24, 2.45) is 5.73 Å². The smallest absolute Gasteiger partial charge is 0.312 e. The normalized spacial score (nSPS) is 11.7. The number of rotatable bonds is 6. The number of carbonyl (C=O) groups is 2. The quantitative estimate of drug-likeness (QED) is 0.641. The summed E-state index contributed by atoms with van der Waals surface area (Å²) in [5.41, 5.74) is 7.88. The van der Waals surface area contributed by atoms with E-state index in [0.29, 0.717) is 6.54 Å². The van der Waals surface area contributed by atoms with Gasteiger partial charge < -0.3 is 16.4 Å². The van der Waals surface area contributed by atoms with Gasteiger partial charge >= 0.3 is 6.03 Å². The van der Waals surface area contributed by atoms with Crippen LogP contribution in [-0.2, 0) is 11.3 Å². The van der Waals surface area contributed by atoms with Gasteiger partial charge in [-0.1, -0.05) is 24.3 Å². The van der Waals surface area contributed by atoms with Crippen molar-refractivity contribution in [2.75, 3.05) is 0 Å². The van der Waals surface area contributed by atoms with Crippen molar-refractivity contribution in [2.45, 2.75) is 25.9 Å². The molecule has 3 amide bonds. The zero-order chi connectivity index (χ0) is 15.9. The third kappa shape index (κ3) is 4.34. The van der Waals surface area contributed by atoms with E-state index in [1.807, 2.05) is 31.2 Å². The van der Waals surface area contributed by atoms with Gasteiger partial charge in [0.05, 0.1) is 24.7 Å². The Balaban J connectivity index is 2.01. The highest BCUT2D eigenvalue weighted by Gasteiger charge is 2.18. The van der Waals surface area contributed by atoms with E-state index in [-0.39, 0.29) is 12.3 Å². The molecule has 116 valence electrons. The maximum Gasteiger partial charge on any atom is 0.312 e. The number of nitrogens with zero attached hydrogens (tertiary/aromatic N) is 1. The number of aryl methyl sites for hydroxylation is 1. The summed E-state index contributed by atoms with van der Waals surface area (Å²) in [5.74, 6) is -0.184. The third-order valence-corrected chi connectivity index (χ3v) is 3.30. The molecule has 2 rings (SSSR count). The number of urea groups is 1. The van der Waals surface area contributed by atoms with Gasteiger partial charge in [-0.2, -0.15) is 5.10 Å². The maximum absolute atomic E-state index is 12.1. The van der Waals surface area contributed by atoms with Crippen LogP contribution in [0.1, 0.15) is 29.3 Å². The van der Waals surface area contributed by atoms with Crippen molar-refractivity contribution in [3.8, 4) is 0 Å². The number of H-pyrrole nitrogens is 1. The minimum absolute atomic E-state index is 0.113. The predicted molar refractivity (Wildman–Crippen MR) is 81.7 cm³/mol. The topological polar surface area (TPSA) is 113 Å². The van der Waals surface area contributed by atoms with Gasteiger partial charge in [-0.25, -0.2) is 4.79 Å². The second kappa shape index (κ2) is 7.26. The lowest BCUT2D eigenvalue weighted by atomic mass is 9.98. The highest BCUT2D eigenvalue weighted by Crippen LogP contribution is 2.20. The Labute approximate surface area is 128 Å². The van der Waals surface area contributed by atoms with Gasteiger partial charge in [0.1, 0.15) is 0 Å². The molecule has 0 aliphatic rings. The first-order valence-corrected chi connectivity index (χ1v) is 6.92. The molecule has 0 fully saturated rings. The molecule has 1 aromatic carbocycles. The first kappa shape index (κ1) is 15.6. The van der Waals surface area contributed by atoms with E-state index in [1.54, 1.807) is 12.3 Å². The summed E-state index contributed by atoms with van der Waals surface area (Å²) < 4.78 is 0. The molecule has 7 heteroatoms. The SMILES string of the molecule is Cc1ccccc1C(CC(=O)NCc1ccn[nH]1)NC(N)=O. The van der Waals surface area contributed by atoms with Crippen molar-refractivity contribution in [3.05, 3.63) is 53.3 Å². The highest BCUT2D eigenvalue weighted by molar-refractivity contribution is 5.78. The molecule has 22 heavy (non-hydrogen) atoms. The van der Waals surface area contributed by atoms with Crippen LogP contribution in [0.15, 0.2) is 36.5 Å². The predicted octanol–water partition coefficient (Wildman–Crippen LogP) is 1.13. The summed E-state index contributed by atoms with van der Waals surface area (Å²) in [5, 5.41) is 12.0. The van der Waals surface area contributed by atoms with Crippen LogP contribution < -0.4 is 16.4 Å². The van der Waals surface area contributed by atoms with E-state index in [9.17, 15) is 9.59 Å². The van der Waals surface area contributed by atoms with E-state index in [2.05, 4.69) is 20.8 Å². The molecule has 0 aliphatic carbocycles. The molecule has 0 spiro atoms. The van der Waals surface area contributed by atoms with Crippen LogP contribution in [0.25, 0.3) is 0 Å². The van der Waals surface area contributed by atoms with Crippen LogP contribution in [0.4, 0.5) is 4.79 Å². The van der Waals surface area contributed by atoms with Crippen LogP contribution in [0.3, 0.4) is 0 Å². The van der Waals surface area contributed by atoms with Gasteiger partial charge in [0.25, 0.3) is 0 Å². The standard InChI is InChI=1S/C15H19N5O2/c1-10-4-2-3-5-12(10)13(19-15(16)22)8-14(21)17-9-11-6-7-18-20-11/h2-7,13H,8-9H2,1H3,(H,17,21)(H,18,20)(H3,16,19,22). The fraction of sp³-hybridized carbons (Fsp3) is 0.267. The Morgan fingerprint density at radius 1 is 1.32 bits per heavy atom. The summed E-state index contributed by atoms with van der Waals surface area (Å²) in [6, 6.07) is 8.22. The fourth-order valence-electron chi connectivity index (χ4n) is 2.22. The number of amides is 3. The summed E-state index contributed by atoms with van der Waals surface area (Å²) in [6.07, 6.45) is 1.73. The third-order valence-electron chi connectivity index (χ3n) is 3.30. The van der Waals surface area contributed by atoms with Gasteiger partial charge in [-0.05, 0) is 24.1 Å². The van der Waals surface area contributed by atoms with Gasteiger partial charge in [-0.15, -0.1) is 0 Å². The molecule has 1 aromatic heterocycles. The number of carbonyl (C=O) groups excluding carboxylic acids is 2. The number of aromatic nitrogens is 2. The van der Waals surface area contributed by atoms with E-state index in [0.717, 1.165) is 16.8 Å². The molecule has 7 nitrogen and oxygen atoms in total. The number of hydrogen-bond donors (Lipinski definition) is 4. The maximum atomic E-state index is 12.1. The summed E-state index contributed by atoms with van der Waals surface area (Å²) in [6.45, 7) is 2.28. The molecule has 0 bridgehead atoms. The van der Waals surface area contributed by atoms with Gasteiger partial charge in [-0.3, -0.25) is 9.89 Å². The summed E-state index contributed by atoms with van der Waals surface area (Å²) in [4.78, 5) is 23.3. The number of nitrogens with one attached hydrogen (secondary N) is 3. The fourth-order valence-corrected chi connectivity index (χ4v) is 2.22. The monoisotopic (exact) mass is 301 g/mol. The first-order valence-electron chi connectivity index (χ1n) is 6.92. The van der Waals surface area contributed by atoms with Crippen LogP contribution >= 0.6 is 0 Å². The summed E-state index contributed by atoms with van der Waals surface area (Å²) in [7, 11) is 0. The van der Waals surface area contributed by atoms with E-state index < -0.39 is 12.1 Å². The van der Waals surface area contributed by atoms with E-state index >= 15 is 0 Å². The average Bonchev–Trinajstić information content (AvgIpc) is 2.98. The van der Waals surface area contributed by atoms with Gasteiger partial charge in [0, 0.05) is 6.20 Å². The van der Waals surface area contributed by atoms with Crippen molar-refractivity contribution >= 4 is 11.9 Å². The van der Waals surface area contributed by atoms with Crippen molar-refractivity contribution in [3.63, 3.8) is 0 Å². The van der Waals surface area contributed by atoms with Crippen molar-refractivity contribution in [1.29, 1.82) is 0 Å². The Kier molecular flexibility index (Phi) is 5.13. The molecule has 0 radical (unpaired) electrons. The Bertz CT molecular complexity index is 639. The summed E-state index contributed by atoms with van der Waals surface area (Å²) >= 11 is 0. The number of aromatic amines is 1. The minimum Gasteiger partial charge on any atom is -0.352 e. The lowest BCUT2D eigenvalue weighted by molar-refractivity contribution is -0.121. The molecule has 1 unspecified atom stereocenters. The largest absolute Gasteiger partial charge is 0.352 e. The number of hydrogen-bond acceptors (Lipinski definition) is 3. The lowest BCUT2D eigenvalue weighted by Gasteiger charge is -2.19. The van der Waals surface area contributed by atoms with Crippen LogP contribution in [0, 0.1) is 6.92 Å². The zero-order valence-corrected chi connectivity index (χ0v) is 12.3. The van der Waals surface area contributed by atoms with Crippen LogP contribution in [-0.4, -0.2) is 22.1 Å². The molecular weight excluding hydrogens is 282 g/mol. The number of benzene rings is 1. The Morgan fingerprint density at radius 3 is 2.73 bits per heavy atom. The van der Waals surface area contributed by atoms with Crippen LogP contribution in [0.5, 0.6) is 0 Å². The lowest BCUT2D eigenvalue weighted by Crippen LogP contribution is -2.36. The molecule has 0 aliphatic heterocycles. The molecule has 0 saturated carbocycles. The number of nitrogens with two attached hydrogens (primary N) is 1. The molecule has 1 atom stereocenters. The average molecular weight is 301 g/mol. The van der Waals surface area contributed by atoms with Crippen molar-refractivity contribution < 1.29 is 9.59 Å². The molecule has 0 saturated heterocycles. The zero-order valence-electron chi connectivity index (χ0n) is 12.3. The molecule has 1 heterocycles. The molecule has 5 N–H and O–H groups in total.